The molecule has 1 amide bonds. The largest absolute Gasteiger partial charge is 0.355 e. The monoisotopic (exact) mass is 439 g/mol. The van der Waals surface area contributed by atoms with E-state index in [-0.39, 0.29) is 16.7 Å². The molecule has 1 heterocycles. The lowest BCUT2D eigenvalue weighted by Crippen LogP contribution is -2.33. The molecule has 1 aromatic heterocycles. The fourth-order valence-corrected chi connectivity index (χ4v) is 3.84. The topological polar surface area (TPSA) is 64.0 Å². The molecule has 7 heteroatoms. The molecule has 0 fully saturated rings. The summed E-state index contributed by atoms with van der Waals surface area (Å²) in [5.74, 6) is 0.526. The van der Waals surface area contributed by atoms with E-state index in [0.717, 1.165) is 17.3 Å². The van der Waals surface area contributed by atoms with Crippen molar-refractivity contribution < 1.29 is 4.79 Å². The summed E-state index contributed by atoms with van der Waals surface area (Å²) < 4.78 is 2.53. The minimum atomic E-state index is -0.315. The van der Waals surface area contributed by atoms with Crippen LogP contribution in [0.25, 0.3) is 10.9 Å². The van der Waals surface area contributed by atoms with Gasteiger partial charge in [-0.25, -0.2) is 4.98 Å². The van der Waals surface area contributed by atoms with Gasteiger partial charge in [0.25, 0.3) is 5.56 Å². The van der Waals surface area contributed by atoms with Crippen LogP contribution in [0.1, 0.15) is 40.5 Å². The highest BCUT2D eigenvalue weighted by molar-refractivity contribution is 9.10. The number of nitrogens with zero attached hydrogens (tertiary/aromatic N) is 2. The third kappa shape index (κ3) is 5.33. The van der Waals surface area contributed by atoms with Crippen molar-refractivity contribution in [1.29, 1.82) is 0 Å². The first-order chi connectivity index (χ1) is 12.3. The van der Waals surface area contributed by atoms with Gasteiger partial charge in [-0.3, -0.25) is 14.2 Å². The fraction of sp³-hybridized carbons (Fsp3) is 0.526. The van der Waals surface area contributed by atoms with Crippen LogP contribution in [0, 0.1) is 5.92 Å². The number of carbonyl (C=O) groups excluding carboxylic acids is 1. The number of fused-ring (bicyclic) bond motifs is 1. The quantitative estimate of drug-likeness (QED) is 0.494. The first-order valence-electron chi connectivity index (χ1n) is 8.98. The van der Waals surface area contributed by atoms with Crippen molar-refractivity contribution in [3.63, 3.8) is 0 Å². The Kier molecular flexibility index (Phi) is 7.70. The second-order valence-corrected chi connectivity index (χ2v) is 8.97. The van der Waals surface area contributed by atoms with Gasteiger partial charge >= 0.3 is 0 Å². The van der Waals surface area contributed by atoms with E-state index >= 15 is 0 Å². The van der Waals surface area contributed by atoms with Crippen LogP contribution in [0.15, 0.2) is 32.6 Å². The van der Waals surface area contributed by atoms with E-state index in [1.165, 1.54) is 11.8 Å². The van der Waals surface area contributed by atoms with Crippen molar-refractivity contribution in [2.45, 2.75) is 57.5 Å². The van der Waals surface area contributed by atoms with E-state index < -0.39 is 0 Å². The lowest BCUT2D eigenvalue weighted by atomic mass is 10.1. The Morgan fingerprint density at radius 2 is 2.08 bits per heavy atom. The Hall–Kier alpha value is -1.34. The van der Waals surface area contributed by atoms with E-state index in [4.69, 9.17) is 0 Å². The number of carbonyl (C=O) groups is 1. The summed E-state index contributed by atoms with van der Waals surface area (Å²) in [5.41, 5.74) is 0.591. The molecular formula is C19H26BrN3O2S. The van der Waals surface area contributed by atoms with Gasteiger partial charge in [0.05, 0.1) is 16.2 Å². The first-order valence-corrected chi connectivity index (χ1v) is 10.6. The zero-order valence-corrected chi connectivity index (χ0v) is 18.1. The van der Waals surface area contributed by atoms with Gasteiger partial charge < -0.3 is 5.32 Å². The molecule has 2 aromatic rings. The van der Waals surface area contributed by atoms with Crippen LogP contribution in [0.3, 0.4) is 0 Å². The van der Waals surface area contributed by atoms with E-state index in [9.17, 15) is 9.59 Å². The second kappa shape index (κ2) is 9.55. The van der Waals surface area contributed by atoms with Crippen molar-refractivity contribution in [2.75, 3.05) is 6.54 Å². The molecule has 0 saturated heterocycles. The average Bonchev–Trinajstić information content (AvgIpc) is 2.58. The van der Waals surface area contributed by atoms with Gasteiger partial charge in [-0.2, -0.15) is 0 Å². The predicted octanol–water partition coefficient (Wildman–Crippen LogP) is 4.21. The van der Waals surface area contributed by atoms with Gasteiger partial charge in [-0.1, -0.05) is 48.5 Å². The second-order valence-electron chi connectivity index (χ2n) is 6.75. The van der Waals surface area contributed by atoms with Crippen molar-refractivity contribution in [2.24, 2.45) is 5.92 Å². The Morgan fingerprint density at radius 3 is 2.73 bits per heavy atom. The standard InChI is InChI=1S/C19H26BrN3O2S/c1-5-10-23-18(25)15-11-14(20)6-7-16(15)22-19(23)26-13(4)17(24)21-9-8-12(2)3/h6-7,11-13H,5,8-10H2,1-4H3,(H,21,24). The number of halogens is 1. The SMILES string of the molecule is CCCn1c(SC(C)C(=O)NCCC(C)C)nc2ccc(Br)cc2c1=O. The van der Waals surface area contributed by atoms with Gasteiger partial charge in [-0.05, 0) is 43.9 Å². The first kappa shape index (κ1) is 21.0. The third-order valence-electron chi connectivity index (χ3n) is 4.00. The molecule has 5 nitrogen and oxygen atoms in total. The molecule has 1 aromatic carbocycles. The maximum absolute atomic E-state index is 12.9. The number of amides is 1. The Morgan fingerprint density at radius 1 is 1.35 bits per heavy atom. The van der Waals surface area contributed by atoms with Crippen LogP contribution in [0.5, 0.6) is 0 Å². The molecule has 0 aliphatic rings. The maximum Gasteiger partial charge on any atom is 0.262 e. The molecule has 1 unspecified atom stereocenters. The molecule has 142 valence electrons. The molecule has 0 spiro atoms. The van der Waals surface area contributed by atoms with E-state index in [1.54, 1.807) is 10.6 Å². The van der Waals surface area contributed by atoms with E-state index in [1.807, 2.05) is 26.0 Å². The maximum atomic E-state index is 12.9. The third-order valence-corrected chi connectivity index (χ3v) is 5.58. The number of rotatable bonds is 8. The van der Waals surface area contributed by atoms with Crippen molar-refractivity contribution in [1.82, 2.24) is 14.9 Å². The van der Waals surface area contributed by atoms with Crippen LogP contribution >= 0.6 is 27.7 Å². The van der Waals surface area contributed by atoms with Crippen LogP contribution in [0.2, 0.25) is 0 Å². The van der Waals surface area contributed by atoms with Gasteiger partial charge in [-0.15, -0.1) is 0 Å². The Bertz CT molecular complexity index is 835. The highest BCUT2D eigenvalue weighted by Gasteiger charge is 2.19. The van der Waals surface area contributed by atoms with Crippen LogP contribution in [-0.2, 0) is 11.3 Å². The highest BCUT2D eigenvalue weighted by Crippen LogP contribution is 2.24. The number of aromatic nitrogens is 2. The van der Waals surface area contributed by atoms with Crippen LogP contribution in [-0.4, -0.2) is 27.3 Å². The molecule has 1 atom stereocenters. The summed E-state index contributed by atoms with van der Waals surface area (Å²) in [5, 5.41) is 3.83. The summed E-state index contributed by atoms with van der Waals surface area (Å²) in [7, 11) is 0. The van der Waals surface area contributed by atoms with E-state index in [2.05, 4.69) is 40.1 Å². The molecule has 0 saturated carbocycles. The summed E-state index contributed by atoms with van der Waals surface area (Å²) in [6.07, 6.45) is 1.77. The molecule has 0 radical (unpaired) electrons. The number of benzene rings is 1. The molecule has 2 rings (SSSR count). The lowest BCUT2D eigenvalue weighted by Gasteiger charge is -2.16. The van der Waals surface area contributed by atoms with Crippen LogP contribution in [0.4, 0.5) is 0 Å². The zero-order chi connectivity index (χ0) is 19.3. The summed E-state index contributed by atoms with van der Waals surface area (Å²) in [4.78, 5) is 29.9. The van der Waals surface area contributed by atoms with Crippen molar-refractivity contribution >= 4 is 44.5 Å². The van der Waals surface area contributed by atoms with Crippen molar-refractivity contribution in [3.05, 3.63) is 33.0 Å². The minimum Gasteiger partial charge on any atom is -0.355 e. The van der Waals surface area contributed by atoms with Gasteiger partial charge in [0, 0.05) is 17.6 Å². The zero-order valence-electron chi connectivity index (χ0n) is 15.7. The van der Waals surface area contributed by atoms with E-state index in [0.29, 0.717) is 35.1 Å². The van der Waals surface area contributed by atoms with Crippen LogP contribution < -0.4 is 10.9 Å². The average molecular weight is 440 g/mol. The van der Waals surface area contributed by atoms with Gasteiger partial charge in [0.2, 0.25) is 5.91 Å². The van der Waals surface area contributed by atoms with Gasteiger partial charge in [0.15, 0.2) is 5.16 Å². The molecule has 0 aliphatic heterocycles. The molecule has 0 bridgehead atoms. The minimum absolute atomic E-state index is 0.0242. The summed E-state index contributed by atoms with van der Waals surface area (Å²) in [6, 6.07) is 5.50. The summed E-state index contributed by atoms with van der Waals surface area (Å²) in [6.45, 7) is 9.38. The summed E-state index contributed by atoms with van der Waals surface area (Å²) >= 11 is 4.75. The number of hydrogen-bond acceptors (Lipinski definition) is 4. The Labute approximate surface area is 167 Å². The fourth-order valence-electron chi connectivity index (χ4n) is 2.52. The molecule has 1 N–H and O–H groups in total. The normalized spacial score (nSPS) is 12.5. The van der Waals surface area contributed by atoms with Crippen molar-refractivity contribution in [3.8, 4) is 0 Å². The predicted molar refractivity (Wildman–Crippen MR) is 112 cm³/mol. The number of thioether (sulfide) groups is 1. The molecule has 0 aliphatic carbocycles. The molecule has 26 heavy (non-hydrogen) atoms. The lowest BCUT2D eigenvalue weighted by molar-refractivity contribution is -0.120. The van der Waals surface area contributed by atoms with Gasteiger partial charge in [0.1, 0.15) is 0 Å². The number of nitrogens with one attached hydrogen (secondary N) is 1. The highest BCUT2D eigenvalue weighted by atomic mass is 79.9. The molecular weight excluding hydrogens is 414 g/mol. The smallest absolute Gasteiger partial charge is 0.262 e. The Balaban J connectivity index is 2.27. The number of hydrogen-bond donors (Lipinski definition) is 1.